The van der Waals surface area contributed by atoms with Crippen LogP contribution in [0.4, 0.5) is 0 Å². The van der Waals surface area contributed by atoms with Gasteiger partial charge in [-0.1, -0.05) is 0 Å². The summed E-state index contributed by atoms with van der Waals surface area (Å²) in [5.41, 5.74) is 1.27. The van der Waals surface area contributed by atoms with Crippen LogP contribution in [0.5, 0.6) is 11.6 Å². The molecule has 3 heterocycles. The quantitative estimate of drug-likeness (QED) is 0.319. The molecule has 33 heavy (non-hydrogen) atoms. The number of benzene rings is 2. The first kappa shape index (κ1) is 20.6. The topological polar surface area (TPSA) is 149 Å². The molecule has 168 valence electrons. The van der Waals surface area contributed by atoms with Crippen molar-refractivity contribution in [2.24, 2.45) is 0 Å². The highest BCUT2D eigenvalue weighted by Crippen LogP contribution is 2.36. The maximum absolute atomic E-state index is 12.8. The van der Waals surface area contributed by atoms with Crippen LogP contribution in [0.25, 0.3) is 16.6 Å². The van der Waals surface area contributed by atoms with Crippen LogP contribution < -0.4 is 21.3 Å². The van der Waals surface area contributed by atoms with Gasteiger partial charge in [-0.25, -0.2) is 14.2 Å². The van der Waals surface area contributed by atoms with Gasteiger partial charge in [0.25, 0.3) is 5.56 Å². The first-order valence-electron chi connectivity index (χ1n) is 10.2. The lowest BCUT2D eigenvalue weighted by atomic mass is 9.95. The molecule has 0 spiro atoms. The first-order chi connectivity index (χ1) is 15.9. The third-order valence-electron chi connectivity index (χ3n) is 5.94. The number of hydrogen-bond donors (Lipinski definition) is 5. The summed E-state index contributed by atoms with van der Waals surface area (Å²) < 4.78 is 6.28. The fourth-order valence-electron chi connectivity index (χ4n) is 4.37. The number of ether oxygens (including phenoxy) is 1. The van der Waals surface area contributed by atoms with Crippen molar-refractivity contribution in [2.45, 2.75) is 12.5 Å². The second kappa shape index (κ2) is 7.68. The number of methoxy groups -OCH3 is 1. The van der Waals surface area contributed by atoms with Crippen molar-refractivity contribution in [3.05, 3.63) is 85.7 Å². The fourth-order valence-corrected chi connectivity index (χ4v) is 4.37. The number of aromatic amines is 2. The van der Waals surface area contributed by atoms with Crippen LogP contribution in [0.15, 0.2) is 52.1 Å². The molecule has 1 aliphatic rings. The van der Waals surface area contributed by atoms with Crippen LogP contribution in [0.3, 0.4) is 0 Å². The molecule has 10 nitrogen and oxygen atoms in total. The Labute approximate surface area is 186 Å². The summed E-state index contributed by atoms with van der Waals surface area (Å²) in [7, 11) is 1.59. The third-order valence-corrected chi connectivity index (χ3v) is 5.94. The molecule has 2 aromatic carbocycles. The lowest BCUT2D eigenvalue weighted by Gasteiger charge is -2.25. The van der Waals surface area contributed by atoms with E-state index in [-0.39, 0.29) is 16.8 Å². The molecule has 2 aromatic heterocycles. The summed E-state index contributed by atoms with van der Waals surface area (Å²) in [6.45, 7) is 0.549. The molecule has 0 saturated carbocycles. The van der Waals surface area contributed by atoms with Gasteiger partial charge in [-0.15, -0.1) is 0 Å². The van der Waals surface area contributed by atoms with Crippen LogP contribution in [-0.4, -0.2) is 44.4 Å². The Bertz CT molecular complexity index is 1510. The Morgan fingerprint density at radius 3 is 2.58 bits per heavy atom. The molecule has 0 saturated heterocycles. The number of carboxylic acid groups (broad SMARTS) is 1. The van der Waals surface area contributed by atoms with E-state index < -0.39 is 29.1 Å². The average Bonchev–Trinajstić information content (AvgIpc) is 3.17. The van der Waals surface area contributed by atoms with Gasteiger partial charge in [0.2, 0.25) is 5.88 Å². The van der Waals surface area contributed by atoms with E-state index in [1.54, 1.807) is 7.11 Å². The van der Waals surface area contributed by atoms with Gasteiger partial charge in [0, 0.05) is 23.1 Å². The zero-order valence-corrected chi connectivity index (χ0v) is 17.5. The Balaban J connectivity index is 1.68. The molecule has 0 radical (unpaired) electrons. The van der Waals surface area contributed by atoms with Crippen LogP contribution >= 0.6 is 0 Å². The maximum atomic E-state index is 12.8. The van der Waals surface area contributed by atoms with Crippen molar-refractivity contribution in [1.29, 1.82) is 0 Å². The zero-order chi connectivity index (χ0) is 23.3. The molecule has 4 aromatic rings. The lowest BCUT2D eigenvalue weighted by Crippen LogP contribution is -2.38. The second-order valence-electron chi connectivity index (χ2n) is 7.75. The number of aromatic carboxylic acids is 1. The monoisotopic (exact) mass is 448 g/mol. The van der Waals surface area contributed by atoms with Crippen molar-refractivity contribution in [1.82, 2.24) is 19.9 Å². The Hall–Kier alpha value is -4.31. The number of nitrogens with zero attached hydrogens (tertiary/aromatic N) is 1. The number of rotatable bonds is 4. The average molecular weight is 448 g/mol. The highest BCUT2D eigenvalue weighted by atomic mass is 16.5. The number of carbonyl (C=O) groups is 1. The minimum Gasteiger partial charge on any atom is -0.497 e. The zero-order valence-electron chi connectivity index (χ0n) is 17.5. The molecule has 1 unspecified atom stereocenters. The summed E-state index contributed by atoms with van der Waals surface area (Å²) in [5.74, 6) is -0.929. The van der Waals surface area contributed by atoms with E-state index in [9.17, 15) is 19.5 Å². The van der Waals surface area contributed by atoms with E-state index in [1.165, 1.54) is 24.3 Å². The van der Waals surface area contributed by atoms with E-state index in [1.807, 2.05) is 18.2 Å². The minimum absolute atomic E-state index is 0.0172. The molecule has 0 aliphatic carbocycles. The van der Waals surface area contributed by atoms with Crippen LogP contribution in [-0.2, 0) is 6.42 Å². The highest BCUT2D eigenvalue weighted by molar-refractivity contribution is 5.88. The van der Waals surface area contributed by atoms with Crippen molar-refractivity contribution in [2.75, 3.05) is 13.7 Å². The molecule has 0 fully saturated rings. The molecule has 0 bridgehead atoms. The van der Waals surface area contributed by atoms with Gasteiger partial charge in [-0.05, 0) is 54.4 Å². The van der Waals surface area contributed by atoms with Crippen LogP contribution in [0.1, 0.15) is 33.2 Å². The van der Waals surface area contributed by atoms with E-state index in [0.29, 0.717) is 18.7 Å². The lowest BCUT2D eigenvalue weighted by molar-refractivity contribution is 0.0697. The SMILES string of the molecule is COc1ccc2[nH]c3c(c2c1)CCNC3c1c(O)n(-c2ccc(C(=O)O)cc2)c(=O)[nH]c1=O. The predicted molar refractivity (Wildman–Crippen MR) is 120 cm³/mol. The summed E-state index contributed by atoms with van der Waals surface area (Å²) in [6, 6.07) is 10.4. The Morgan fingerprint density at radius 1 is 1.12 bits per heavy atom. The van der Waals surface area contributed by atoms with Gasteiger partial charge in [-0.3, -0.25) is 9.78 Å². The van der Waals surface area contributed by atoms with Crippen molar-refractivity contribution >= 4 is 16.9 Å². The van der Waals surface area contributed by atoms with E-state index >= 15 is 0 Å². The van der Waals surface area contributed by atoms with Gasteiger partial charge in [0.1, 0.15) is 11.3 Å². The van der Waals surface area contributed by atoms with Gasteiger partial charge in [0.15, 0.2) is 0 Å². The van der Waals surface area contributed by atoms with Gasteiger partial charge in [-0.2, -0.15) is 0 Å². The molecular weight excluding hydrogens is 428 g/mol. The minimum atomic E-state index is -1.12. The van der Waals surface area contributed by atoms with Crippen molar-refractivity contribution < 1.29 is 19.7 Å². The van der Waals surface area contributed by atoms with Crippen LogP contribution in [0, 0.1) is 0 Å². The number of nitrogens with one attached hydrogen (secondary N) is 3. The van der Waals surface area contributed by atoms with Gasteiger partial charge in [0.05, 0.1) is 24.4 Å². The summed E-state index contributed by atoms with van der Waals surface area (Å²) >= 11 is 0. The van der Waals surface area contributed by atoms with Crippen molar-refractivity contribution in [3.63, 3.8) is 0 Å². The smallest absolute Gasteiger partial charge is 0.335 e. The predicted octanol–water partition coefficient (Wildman–Crippen LogP) is 1.65. The highest BCUT2D eigenvalue weighted by Gasteiger charge is 2.31. The van der Waals surface area contributed by atoms with Crippen molar-refractivity contribution in [3.8, 4) is 17.3 Å². The molecule has 10 heteroatoms. The summed E-state index contributed by atoms with van der Waals surface area (Å²) in [4.78, 5) is 42.1. The van der Waals surface area contributed by atoms with Gasteiger partial charge >= 0.3 is 11.7 Å². The normalized spacial score (nSPS) is 15.4. The van der Waals surface area contributed by atoms with E-state index in [2.05, 4.69) is 15.3 Å². The molecule has 5 rings (SSSR count). The molecule has 0 amide bonds. The molecular formula is C23H20N4O6. The molecule has 5 N–H and O–H groups in total. The largest absolute Gasteiger partial charge is 0.497 e. The number of aromatic nitrogens is 3. The molecule has 1 atom stereocenters. The second-order valence-corrected chi connectivity index (χ2v) is 7.75. The third kappa shape index (κ3) is 3.28. The van der Waals surface area contributed by atoms with E-state index in [4.69, 9.17) is 9.84 Å². The standard InChI is InChI=1S/C23H20N4O6/c1-33-13-6-7-16-15(10-13)14-8-9-24-19(18(14)25-16)17-20(28)26-23(32)27(21(17)29)12-4-2-11(3-5-12)22(30)31/h2-7,10,19,24-25,29H,8-9H2,1H3,(H,30,31)(H,26,28,32). The number of carboxylic acids is 1. The Morgan fingerprint density at radius 2 is 1.88 bits per heavy atom. The number of hydrogen-bond acceptors (Lipinski definition) is 6. The number of H-pyrrole nitrogens is 2. The van der Waals surface area contributed by atoms with E-state index in [0.717, 1.165) is 26.7 Å². The summed E-state index contributed by atoms with van der Waals surface area (Å²) in [6.07, 6.45) is 0.702. The maximum Gasteiger partial charge on any atom is 0.335 e. The summed E-state index contributed by atoms with van der Waals surface area (Å²) in [5, 5.41) is 24.4. The number of aromatic hydroxyl groups is 1. The van der Waals surface area contributed by atoms with Crippen LogP contribution in [0.2, 0.25) is 0 Å². The first-order valence-corrected chi connectivity index (χ1v) is 10.2. The fraction of sp³-hybridized carbons (Fsp3) is 0.174. The molecule has 1 aliphatic heterocycles. The van der Waals surface area contributed by atoms with Gasteiger partial charge < -0.3 is 25.3 Å². The Kier molecular flexibility index (Phi) is 4.79. The number of fused-ring (bicyclic) bond motifs is 3.